The zero-order valence-electron chi connectivity index (χ0n) is 19.7. The standard InChI is InChI=1S/C26H34N2O5/c1-26(2,3)33-25(31)27-17-19-11-13-28(14-12-19)24(30)16-21-15-22(29)9-10-23(21)32-18-20-7-5-4-6-8-20/h4-10,15,19,29H,11-14,16-18H2,1-3H3,(H,27,31). The summed E-state index contributed by atoms with van der Waals surface area (Å²) in [6, 6.07) is 14.7. The van der Waals surface area contributed by atoms with Crippen molar-refractivity contribution < 1.29 is 24.2 Å². The Morgan fingerprint density at radius 2 is 1.79 bits per heavy atom. The summed E-state index contributed by atoms with van der Waals surface area (Å²) in [6.07, 6.45) is 1.39. The third-order valence-corrected chi connectivity index (χ3v) is 5.52. The summed E-state index contributed by atoms with van der Waals surface area (Å²) in [6.45, 7) is 7.71. The van der Waals surface area contributed by atoms with Crippen molar-refractivity contribution in [2.45, 2.75) is 52.2 Å². The molecule has 1 fully saturated rings. The van der Waals surface area contributed by atoms with Crippen LogP contribution in [0.5, 0.6) is 11.5 Å². The fraction of sp³-hybridized carbons (Fsp3) is 0.462. The molecule has 0 aliphatic carbocycles. The van der Waals surface area contributed by atoms with E-state index in [2.05, 4.69) is 5.32 Å². The highest BCUT2D eigenvalue weighted by Gasteiger charge is 2.25. The van der Waals surface area contributed by atoms with Crippen molar-refractivity contribution in [1.29, 1.82) is 0 Å². The number of nitrogens with zero attached hydrogens (tertiary/aromatic N) is 1. The third kappa shape index (κ3) is 8.00. The topological polar surface area (TPSA) is 88.1 Å². The van der Waals surface area contributed by atoms with Gasteiger partial charge in [-0.2, -0.15) is 0 Å². The predicted molar refractivity (Wildman–Crippen MR) is 126 cm³/mol. The molecule has 0 radical (unpaired) electrons. The summed E-state index contributed by atoms with van der Waals surface area (Å²) >= 11 is 0. The first kappa shape index (κ1) is 24.4. The Morgan fingerprint density at radius 1 is 1.09 bits per heavy atom. The van der Waals surface area contributed by atoms with Crippen molar-refractivity contribution in [3.8, 4) is 11.5 Å². The summed E-state index contributed by atoms with van der Waals surface area (Å²) in [7, 11) is 0. The van der Waals surface area contributed by atoms with Crippen molar-refractivity contribution in [2.24, 2.45) is 5.92 Å². The van der Waals surface area contributed by atoms with Crippen molar-refractivity contribution >= 4 is 12.0 Å². The van der Waals surface area contributed by atoms with Gasteiger partial charge in [-0.05, 0) is 63.3 Å². The SMILES string of the molecule is CC(C)(C)OC(=O)NCC1CCN(C(=O)Cc2cc(O)ccc2OCc2ccccc2)CC1. The molecule has 3 rings (SSSR count). The minimum absolute atomic E-state index is 0.00344. The van der Waals surface area contributed by atoms with Crippen LogP contribution in [0.1, 0.15) is 44.7 Å². The molecule has 2 N–H and O–H groups in total. The predicted octanol–water partition coefficient (Wildman–Crippen LogP) is 4.28. The minimum atomic E-state index is -0.518. The minimum Gasteiger partial charge on any atom is -0.508 e. The Balaban J connectivity index is 1.49. The lowest BCUT2D eigenvalue weighted by Crippen LogP contribution is -2.42. The Kier molecular flexibility index (Phi) is 8.20. The van der Waals surface area contributed by atoms with Gasteiger partial charge >= 0.3 is 6.09 Å². The molecule has 1 aliphatic rings. The molecule has 7 nitrogen and oxygen atoms in total. The highest BCUT2D eigenvalue weighted by atomic mass is 16.6. The summed E-state index contributed by atoms with van der Waals surface area (Å²) in [5.74, 6) is 1.02. The average Bonchev–Trinajstić information content (AvgIpc) is 2.77. The maximum atomic E-state index is 12.9. The van der Waals surface area contributed by atoms with Crippen LogP contribution < -0.4 is 10.1 Å². The highest BCUT2D eigenvalue weighted by molar-refractivity contribution is 5.79. The van der Waals surface area contributed by atoms with E-state index in [0.717, 1.165) is 18.4 Å². The first-order valence-electron chi connectivity index (χ1n) is 11.4. The number of hydrogen-bond acceptors (Lipinski definition) is 5. The second kappa shape index (κ2) is 11.1. The van der Waals surface area contributed by atoms with Crippen LogP contribution in [0.15, 0.2) is 48.5 Å². The fourth-order valence-electron chi connectivity index (χ4n) is 3.78. The number of amides is 2. The van der Waals surface area contributed by atoms with Gasteiger partial charge in [-0.1, -0.05) is 30.3 Å². The normalized spacial score (nSPS) is 14.6. The number of likely N-dealkylation sites (tertiary alicyclic amines) is 1. The van der Waals surface area contributed by atoms with E-state index in [9.17, 15) is 14.7 Å². The maximum Gasteiger partial charge on any atom is 0.407 e. The van der Waals surface area contributed by atoms with Crippen molar-refractivity contribution in [3.05, 3.63) is 59.7 Å². The largest absolute Gasteiger partial charge is 0.508 e. The second-order valence-corrected chi connectivity index (χ2v) is 9.45. The van der Waals surface area contributed by atoms with Gasteiger partial charge < -0.3 is 24.8 Å². The van der Waals surface area contributed by atoms with Crippen LogP contribution in [0.2, 0.25) is 0 Å². The van der Waals surface area contributed by atoms with E-state index >= 15 is 0 Å². The van der Waals surface area contributed by atoms with E-state index in [1.54, 1.807) is 18.2 Å². The molecule has 33 heavy (non-hydrogen) atoms. The van der Waals surface area contributed by atoms with Gasteiger partial charge in [0, 0.05) is 25.2 Å². The molecule has 0 bridgehead atoms. The van der Waals surface area contributed by atoms with Crippen LogP contribution in [-0.4, -0.2) is 47.2 Å². The molecule has 2 aromatic carbocycles. The Hall–Kier alpha value is -3.22. The van der Waals surface area contributed by atoms with Crippen molar-refractivity contribution in [3.63, 3.8) is 0 Å². The zero-order chi connectivity index (χ0) is 23.8. The summed E-state index contributed by atoms with van der Waals surface area (Å²) in [4.78, 5) is 26.6. The number of ether oxygens (including phenoxy) is 2. The quantitative estimate of drug-likeness (QED) is 0.652. The van der Waals surface area contributed by atoms with Gasteiger partial charge in [0.2, 0.25) is 5.91 Å². The van der Waals surface area contributed by atoms with Crippen LogP contribution >= 0.6 is 0 Å². The number of nitrogens with one attached hydrogen (secondary N) is 1. The molecular formula is C26H34N2O5. The third-order valence-electron chi connectivity index (χ3n) is 5.52. The number of phenols is 1. The van der Waals surface area contributed by atoms with E-state index in [1.165, 1.54) is 0 Å². The molecule has 1 aliphatic heterocycles. The number of aromatic hydroxyl groups is 1. The van der Waals surface area contributed by atoms with Crippen LogP contribution in [0, 0.1) is 5.92 Å². The Bertz CT molecular complexity index is 931. The fourth-order valence-corrected chi connectivity index (χ4v) is 3.78. The van der Waals surface area contributed by atoms with E-state index in [4.69, 9.17) is 9.47 Å². The molecule has 1 heterocycles. The summed E-state index contributed by atoms with van der Waals surface area (Å²) in [5, 5.41) is 12.8. The van der Waals surface area contributed by atoms with Crippen LogP contribution in [0.25, 0.3) is 0 Å². The smallest absolute Gasteiger partial charge is 0.407 e. The Labute approximate surface area is 195 Å². The van der Waals surface area contributed by atoms with Gasteiger partial charge in [-0.3, -0.25) is 4.79 Å². The number of piperidine rings is 1. The van der Waals surface area contributed by atoms with Gasteiger partial charge in [0.25, 0.3) is 0 Å². The van der Waals surface area contributed by atoms with Gasteiger partial charge in [-0.15, -0.1) is 0 Å². The van der Waals surface area contributed by atoms with E-state index in [0.29, 0.717) is 43.5 Å². The van der Waals surface area contributed by atoms with E-state index in [1.807, 2.05) is 56.0 Å². The van der Waals surface area contributed by atoms with Gasteiger partial charge in [0.05, 0.1) is 6.42 Å². The van der Waals surface area contributed by atoms with Crippen LogP contribution in [-0.2, 0) is 22.6 Å². The second-order valence-electron chi connectivity index (χ2n) is 9.45. The number of benzene rings is 2. The number of carbonyl (C=O) groups is 2. The number of hydrogen-bond donors (Lipinski definition) is 2. The number of phenolic OH excluding ortho intramolecular Hbond substituents is 1. The van der Waals surface area contributed by atoms with E-state index in [-0.39, 0.29) is 18.1 Å². The van der Waals surface area contributed by atoms with Gasteiger partial charge in [0.15, 0.2) is 0 Å². The first-order chi connectivity index (χ1) is 15.7. The molecule has 0 spiro atoms. The van der Waals surface area contributed by atoms with Crippen LogP contribution in [0.3, 0.4) is 0 Å². The van der Waals surface area contributed by atoms with Crippen LogP contribution in [0.4, 0.5) is 4.79 Å². The molecule has 0 unspecified atom stereocenters. The molecule has 2 aromatic rings. The molecule has 0 atom stereocenters. The maximum absolute atomic E-state index is 12.9. The summed E-state index contributed by atoms with van der Waals surface area (Å²) in [5.41, 5.74) is 1.18. The molecule has 0 saturated carbocycles. The van der Waals surface area contributed by atoms with Gasteiger partial charge in [-0.25, -0.2) is 4.79 Å². The zero-order valence-corrected chi connectivity index (χ0v) is 19.7. The molecule has 178 valence electrons. The summed E-state index contributed by atoms with van der Waals surface area (Å²) < 4.78 is 11.2. The average molecular weight is 455 g/mol. The molecule has 2 amide bonds. The monoisotopic (exact) mass is 454 g/mol. The highest BCUT2D eigenvalue weighted by Crippen LogP contribution is 2.26. The Morgan fingerprint density at radius 3 is 2.45 bits per heavy atom. The number of alkyl carbamates (subject to hydrolysis) is 1. The molecule has 0 aromatic heterocycles. The van der Waals surface area contributed by atoms with E-state index < -0.39 is 11.7 Å². The number of rotatable bonds is 7. The molecule has 1 saturated heterocycles. The lowest BCUT2D eigenvalue weighted by Gasteiger charge is -2.32. The lowest BCUT2D eigenvalue weighted by molar-refractivity contribution is -0.131. The van der Waals surface area contributed by atoms with Crippen molar-refractivity contribution in [2.75, 3.05) is 19.6 Å². The van der Waals surface area contributed by atoms with Gasteiger partial charge in [0.1, 0.15) is 23.7 Å². The lowest BCUT2D eigenvalue weighted by atomic mass is 9.96. The molecule has 7 heteroatoms. The molecular weight excluding hydrogens is 420 g/mol. The first-order valence-corrected chi connectivity index (χ1v) is 11.4. The number of carbonyl (C=O) groups excluding carboxylic acids is 2. The van der Waals surface area contributed by atoms with Crippen molar-refractivity contribution in [1.82, 2.24) is 10.2 Å².